The van der Waals surface area contributed by atoms with Gasteiger partial charge in [-0.15, -0.1) is 12.4 Å². The smallest absolute Gasteiger partial charge is 0.220 e. The highest BCUT2D eigenvalue weighted by molar-refractivity contribution is 5.85. The fraction of sp³-hybridized carbons (Fsp3) is 0.562. The van der Waals surface area contributed by atoms with Crippen LogP contribution in [0.1, 0.15) is 25.7 Å². The summed E-state index contributed by atoms with van der Waals surface area (Å²) < 4.78 is 18.2. The number of carbonyl (C=O) groups is 1. The average molecular weight is 331 g/mol. The highest BCUT2D eigenvalue weighted by atomic mass is 35.5. The maximum atomic E-state index is 12.7. The van der Waals surface area contributed by atoms with Crippen molar-refractivity contribution in [3.05, 3.63) is 30.1 Å². The quantitative estimate of drug-likeness (QED) is 0.755. The normalized spacial score (nSPS) is 17.4. The number of ether oxygens (including phenoxy) is 1. The van der Waals surface area contributed by atoms with Crippen molar-refractivity contribution in [1.82, 2.24) is 10.6 Å². The van der Waals surface area contributed by atoms with Crippen molar-refractivity contribution in [3.8, 4) is 5.75 Å². The van der Waals surface area contributed by atoms with Gasteiger partial charge in [0.1, 0.15) is 11.6 Å². The Balaban J connectivity index is 0.00000242. The summed E-state index contributed by atoms with van der Waals surface area (Å²) in [5.74, 6) is 0.977. The van der Waals surface area contributed by atoms with Gasteiger partial charge in [0.25, 0.3) is 0 Å². The van der Waals surface area contributed by atoms with E-state index in [0.717, 1.165) is 19.6 Å². The van der Waals surface area contributed by atoms with E-state index >= 15 is 0 Å². The van der Waals surface area contributed by atoms with Gasteiger partial charge in [0.15, 0.2) is 0 Å². The summed E-state index contributed by atoms with van der Waals surface area (Å²) >= 11 is 0. The van der Waals surface area contributed by atoms with Crippen molar-refractivity contribution in [1.29, 1.82) is 0 Å². The van der Waals surface area contributed by atoms with E-state index in [-0.39, 0.29) is 24.1 Å². The Morgan fingerprint density at radius 2 is 2.14 bits per heavy atom. The number of amides is 1. The van der Waals surface area contributed by atoms with Crippen LogP contribution in [0.15, 0.2) is 24.3 Å². The lowest BCUT2D eigenvalue weighted by atomic mass is 10.00. The first kappa shape index (κ1) is 18.7. The van der Waals surface area contributed by atoms with Crippen molar-refractivity contribution < 1.29 is 13.9 Å². The monoisotopic (exact) mass is 330 g/mol. The third kappa shape index (κ3) is 7.09. The molecule has 6 heteroatoms. The molecule has 1 amide bonds. The molecule has 0 bridgehead atoms. The van der Waals surface area contributed by atoms with Crippen molar-refractivity contribution in [2.75, 3.05) is 26.2 Å². The van der Waals surface area contributed by atoms with Crippen molar-refractivity contribution in [2.45, 2.75) is 25.7 Å². The van der Waals surface area contributed by atoms with Gasteiger partial charge >= 0.3 is 0 Å². The second-order valence-corrected chi connectivity index (χ2v) is 5.42. The van der Waals surface area contributed by atoms with Gasteiger partial charge in [-0.1, -0.05) is 0 Å². The first-order chi connectivity index (χ1) is 10.2. The molecule has 0 radical (unpaired) electrons. The van der Waals surface area contributed by atoms with Crippen molar-refractivity contribution in [2.24, 2.45) is 5.92 Å². The van der Waals surface area contributed by atoms with Gasteiger partial charge in [-0.25, -0.2) is 4.39 Å². The SMILES string of the molecule is Cl.O=C(CCCOc1ccc(F)cc1)NCC1CCCNC1. The molecule has 124 valence electrons. The van der Waals surface area contributed by atoms with Crippen LogP contribution in [0.5, 0.6) is 5.75 Å². The van der Waals surface area contributed by atoms with E-state index in [1.54, 1.807) is 12.1 Å². The molecule has 1 fully saturated rings. The molecular weight excluding hydrogens is 307 g/mol. The Kier molecular flexibility index (Phi) is 8.85. The summed E-state index contributed by atoms with van der Waals surface area (Å²) in [5, 5.41) is 6.31. The van der Waals surface area contributed by atoms with Gasteiger partial charge < -0.3 is 15.4 Å². The lowest BCUT2D eigenvalue weighted by Gasteiger charge is -2.22. The molecule has 2 rings (SSSR count). The number of carbonyl (C=O) groups excluding carboxylic acids is 1. The van der Waals surface area contributed by atoms with Crippen LogP contribution in [-0.4, -0.2) is 32.1 Å². The number of piperidine rings is 1. The van der Waals surface area contributed by atoms with E-state index in [4.69, 9.17) is 4.74 Å². The van der Waals surface area contributed by atoms with E-state index < -0.39 is 0 Å². The lowest BCUT2D eigenvalue weighted by molar-refractivity contribution is -0.121. The Hall–Kier alpha value is -1.33. The summed E-state index contributed by atoms with van der Waals surface area (Å²) in [6, 6.07) is 5.90. The fourth-order valence-corrected chi connectivity index (χ4v) is 2.40. The van der Waals surface area contributed by atoms with Gasteiger partial charge in [0.05, 0.1) is 6.61 Å². The zero-order valence-electron chi connectivity index (χ0n) is 12.6. The lowest BCUT2D eigenvalue weighted by Crippen LogP contribution is -2.38. The highest BCUT2D eigenvalue weighted by Gasteiger charge is 2.13. The minimum atomic E-state index is -0.279. The predicted octanol–water partition coefficient (Wildman–Crippen LogP) is 2.52. The maximum absolute atomic E-state index is 12.7. The van der Waals surface area contributed by atoms with Gasteiger partial charge in [0.2, 0.25) is 5.91 Å². The van der Waals surface area contributed by atoms with E-state index in [1.165, 1.54) is 25.0 Å². The Labute approximate surface area is 137 Å². The summed E-state index contributed by atoms with van der Waals surface area (Å²) in [4.78, 5) is 11.7. The minimum Gasteiger partial charge on any atom is -0.494 e. The first-order valence-corrected chi connectivity index (χ1v) is 7.60. The van der Waals surface area contributed by atoms with Crippen LogP contribution >= 0.6 is 12.4 Å². The molecule has 0 spiro atoms. The van der Waals surface area contributed by atoms with E-state index in [0.29, 0.717) is 31.1 Å². The minimum absolute atomic E-state index is 0. The van der Waals surface area contributed by atoms with E-state index in [9.17, 15) is 9.18 Å². The number of halogens is 2. The largest absolute Gasteiger partial charge is 0.494 e. The molecule has 1 unspecified atom stereocenters. The number of hydrogen-bond donors (Lipinski definition) is 2. The number of nitrogens with one attached hydrogen (secondary N) is 2. The maximum Gasteiger partial charge on any atom is 0.220 e. The molecule has 22 heavy (non-hydrogen) atoms. The Morgan fingerprint density at radius 3 is 2.82 bits per heavy atom. The topological polar surface area (TPSA) is 50.4 Å². The average Bonchev–Trinajstić information content (AvgIpc) is 2.52. The third-order valence-corrected chi connectivity index (χ3v) is 3.62. The number of rotatable bonds is 7. The van der Waals surface area contributed by atoms with Gasteiger partial charge in [-0.05, 0) is 62.5 Å². The molecule has 1 aromatic rings. The fourth-order valence-electron chi connectivity index (χ4n) is 2.40. The van der Waals surface area contributed by atoms with Crippen LogP contribution < -0.4 is 15.4 Å². The summed E-state index contributed by atoms with van der Waals surface area (Å²) in [6.07, 6.45) is 3.49. The Morgan fingerprint density at radius 1 is 1.36 bits per heavy atom. The van der Waals surface area contributed by atoms with Crippen LogP contribution in [0.2, 0.25) is 0 Å². The van der Waals surface area contributed by atoms with Crippen LogP contribution in [0.25, 0.3) is 0 Å². The summed E-state index contributed by atoms with van der Waals surface area (Å²) in [5.41, 5.74) is 0. The van der Waals surface area contributed by atoms with Crippen LogP contribution in [0.3, 0.4) is 0 Å². The molecule has 1 saturated heterocycles. The zero-order valence-corrected chi connectivity index (χ0v) is 13.5. The molecule has 0 aliphatic carbocycles. The van der Waals surface area contributed by atoms with Crippen LogP contribution in [0.4, 0.5) is 4.39 Å². The van der Waals surface area contributed by atoms with E-state index in [1.807, 2.05) is 0 Å². The molecule has 1 atom stereocenters. The second kappa shape index (κ2) is 10.4. The van der Waals surface area contributed by atoms with Crippen molar-refractivity contribution in [3.63, 3.8) is 0 Å². The molecule has 0 aromatic heterocycles. The van der Waals surface area contributed by atoms with Crippen LogP contribution in [0, 0.1) is 11.7 Å². The van der Waals surface area contributed by atoms with Gasteiger partial charge in [0, 0.05) is 13.0 Å². The molecular formula is C16H24ClFN2O2. The van der Waals surface area contributed by atoms with Crippen LogP contribution in [-0.2, 0) is 4.79 Å². The highest BCUT2D eigenvalue weighted by Crippen LogP contribution is 2.11. The molecule has 1 heterocycles. The van der Waals surface area contributed by atoms with E-state index in [2.05, 4.69) is 10.6 Å². The molecule has 1 aromatic carbocycles. The second-order valence-electron chi connectivity index (χ2n) is 5.42. The van der Waals surface area contributed by atoms with Gasteiger partial charge in [-0.3, -0.25) is 4.79 Å². The Bertz CT molecular complexity index is 436. The standard InChI is InChI=1S/C16H23FN2O2.ClH/c17-14-5-7-15(8-6-14)21-10-2-4-16(20)19-12-13-3-1-9-18-11-13;/h5-8,13,18H,1-4,9-12H2,(H,19,20);1H. The summed E-state index contributed by atoms with van der Waals surface area (Å²) in [7, 11) is 0. The zero-order chi connectivity index (χ0) is 14.9. The molecule has 1 aliphatic rings. The predicted molar refractivity (Wildman–Crippen MR) is 87.0 cm³/mol. The van der Waals surface area contributed by atoms with Crippen molar-refractivity contribution >= 4 is 18.3 Å². The first-order valence-electron chi connectivity index (χ1n) is 7.60. The third-order valence-electron chi connectivity index (χ3n) is 3.62. The molecule has 1 aliphatic heterocycles. The number of benzene rings is 1. The molecule has 4 nitrogen and oxygen atoms in total. The molecule has 0 saturated carbocycles. The number of hydrogen-bond acceptors (Lipinski definition) is 3. The van der Waals surface area contributed by atoms with Gasteiger partial charge in [-0.2, -0.15) is 0 Å². The summed E-state index contributed by atoms with van der Waals surface area (Å²) in [6.45, 7) is 3.30. The molecule has 2 N–H and O–H groups in total.